The molecule has 0 spiro atoms. The molecule has 0 unspecified atom stereocenters. The fourth-order valence-corrected chi connectivity index (χ4v) is 4.23. The van der Waals surface area contributed by atoms with Gasteiger partial charge in [0.25, 0.3) is 0 Å². The van der Waals surface area contributed by atoms with Crippen molar-refractivity contribution in [2.24, 2.45) is 0 Å². The van der Waals surface area contributed by atoms with Crippen molar-refractivity contribution < 1.29 is 27.1 Å². The fourth-order valence-electron chi connectivity index (χ4n) is 2.33. The first-order valence-electron chi connectivity index (χ1n) is 8.43. The van der Waals surface area contributed by atoms with Crippen molar-refractivity contribution in [1.82, 2.24) is 9.62 Å². The lowest BCUT2D eigenvalue weighted by atomic mass is 10.3. The van der Waals surface area contributed by atoms with Crippen LogP contribution in [0.5, 0.6) is 11.5 Å². The maximum Gasteiger partial charge on any atom is 0.243 e. The predicted octanol–water partition coefficient (Wildman–Crippen LogP) is 1.97. The molecule has 2 rings (SSSR count). The number of ether oxygens (including phenoxy) is 2. The number of nitrogens with one attached hydrogen (secondary N) is 1. The molecule has 0 radical (unpaired) electrons. The van der Waals surface area contributed by atoms with Gasteiger partial charge in [0.2, 0.25) is 15.9 Å². The zero-order valence-electron chi connectivity index (χ0n) is 16.0. The molecule has 0 fully saturated rings. The van der Waals surface area contributed by atoms with Crippen LogP contribution in [-0.2, 0) is 20.6 Å². The fraction of sp³-hybridized carbons (Fsp3) is 0.389. The molecule has 0 aliphatic heterocycles. The first-order chi connectivity index (χ1) is 13.4. The van der Waals surface area contributed by atoms with Crippen molar-refractivity contribution in [3.8, 4) is 11.5 Å². The van der Waals surface area contributed by atoms with Crippen LogP contribution in [-0.4, -0.2) is 58.7 Å². The Morgan fingerprint density at radius 3 is 2.61 bits per heavy atom. The lowest BCUT2D eigenvalue weighted by Crippen LogP contribution is -2.39. The van der Waals surface area contributed by atoms with Gasteiger partial charge in [0.15, 0.2) is 11.5 Å². The van der Waals surface area contributed by atoms with Crippen LogP contribution in [0.15, 0.2) is 45.9 Å². The number of rotatable bonds is 11. The molecule has 0 saturated carbocycles. The Labute approximate surface area is 169 Å². The van der Waals surface area contributed by atoms with Gasteiger partial charge in [-0.25, -0.2) is 8.42 Å². The largest absolute Gasteiger partial charge is 0.493 e. The molecule has 8 nitrogen and oxygen atoms in total. The van der Waals surface area contributed by atoms with Gasteiger partial charge in [0.05, 0.1) is 37.7 Å². The molecule has 0 saturated heterocycles. The van der Waals surface area contributed by atoms with E-state index in [1.54, 1.807) is 18.0 Å². The Kier molecular flexibility index (Phi) is 8.21. The third-order valence-electron chi connectivity index (χ3n) is 3.82. The van der Waals surface area contributed by atoms with Gasteiger partial charge >= 0.3 is 0 Å². The van der Waals surface area contributed by atoms with Crippen molar-refractivity contribution in [2.75, 3.05) is 40.1 Å². The Hall–Kier alpha value is -2.17. The van der Waals surface area contributed by atoms with Crippen molar-refractivity contribution >= 4 is 27.7 Å². The van der Waals surface area contributed by atoms with Crippen molar-refractivity contribution in [3.63, 3.8) is 0 Å². The van der Waals surface area contributed by atoms with E-state index in [4.69, 9.17) is 13.9 Å². The van der Waals surface area contributed by atoms with Crippen molar-refractivity contribution in [1.29, 1.82) is 0 Å². The van der Waals surface area contributed by atoms with E-state index in [9.17, 15) is 13.2 Å². The van der Waals surface area contributed by atoms with Crippen LogP contribution in [0, 0.1) is 0 Å². The minimum atomic E-state index is -3.84. The van der Waals surface area contributed by atoms with E-state index in [0.29, 0.717) is 23.8 Å². The Morgan fingerprint density at radius 1 is 1.21 bits per heavy atom. The van der Waals surface area contributed by atoms with Crippen LogP contribution in [0.3, 0.4) is 0 Å². The molecule has 0 atom stereocenters. The van der Waals surface area contributed by atoms with E-state index >= 15 is 0 Å². The molecular weight excluding hydrogens is 404 g/mol. The topological polar surface area (TPSA) is 98.1 Å². The van der Waals surface area contributed by atoms with E-state index in [-0.39, 0.29) is 17.3 Å². The Morgan fingerprint density at radius 2 is 1.96 bits per heavy atom. The summed E-state index contributed by atoms with van der Waals surface area (Å²) in [6.45, 7) is 0.161. The average Bonchev–Trinajstić information content (AvgIpc) is 3.20. The molecule has 0 aliphatic rings. The molecule has 154 valence electrons. The van der Waals surface area contributed by atoms with Gasteiger partial charge in [-0.05, 0) is 24.3 Å². The van der Waals surface area contributed by atoms with Gasteiger partial charge in [-0.15, -0.1) is 0 Å². The summed E-state index contributed by atoms with van der Waals surface area (Å²) in [5, 5.41) is 2.72. The average molecular weight is 429 g/mol. The molecule has 10 heteroatoms. The number of nitrogens with zero attached hydrogens (tertiary/aromatic N) is 1. The molecule has 0 bridgehead atoms. The predicted molar refractivity (Wildman–Crippen MR) is 107 cm³/mol. The lowest BCUT2D eigenvalue weighted by molar-refractivity contribution is -0.121. The van der Waals surface area contributed by atoms with Crippen LogP contribution in [0.1, 0.15) is 5.76 Å². The third kappa shape index (κ3) is 5.91. The smallest absolute Gasteiger partial charge is 0.243 e. The van der Waals surface area contributed by atoms with Gasteiger partial charge in [-0.2, -0.15) is 16.1 Å². The van der Waals surface area contributed by atoms with E-state index < -0.39 is 10.0 Å². The minimum absolute atomic E-state index is 0.0226. The van der Waals surface area contributed by atoms with E-state index in [2.05, 4.69) is 5.32 Å². The number of amides is 1. The normalized spacial score (nSPS) is 11.4. The van der Waals surface area contributed by atoms with Gasteiger partial charge < -0.3 is 19.2 Å². The Balaban J connectivity index is 1.84. The van der Waals surface area contributed by atoms with Gasteiger partial charge in [-0.1, -0.05) is 0 Å². The summed E-state index contributed by atoms with van der Waals surface area (Å²) < 4.78 is 41.8. The zero-order valence-corrected chi connectivity index (χ0v) is 17.6. The van der Waals surface area contributed by atoms with Crippen molar-refractivity contribution in [3.05, 3.63) is 42.4 Å². The molecule has 0 aliphatic carbocycles. The SMILES string of the molecule is COc1ccc(S(=O)(=O)N(C)CC(=O)NCCSCc2ccco2)cc1OC. The van der Waals surface area contributed by atoms with Gasteiger partial charge in [-0.3, -0.25) is 4.79 Å². The number of likely N-dealkylation sites (N-methyl/N-ethyl adjacent to an activating group) is 1. The molecular formula is C18H24N2O6S2. The zero-order chi connectivity index (χ0) is 20.6. The Bertz CT molecular complexity index is 868. The minimum Gasteiger partial charge on any atom is -0.493 e. The maximum atomic E-state index is 12.7. The summed E-state index contributed by atoms with van der Waals surface area (Å²) in [7, 11) is 0.415. The number of benzene rings is 1. The third-order valence-corrected chi connectivity index (χ3v) is 6.60. The molecule has 1 aromatic carbocycles. The first kappa shape index (κ1) is 22.1. The number of methoxy groups -OCH3 is 2. The quantitative estimate of drug-likeness (QED) is 0.546. The summed E-state index contributed by atoms with van der Waals surface area (Å²) in [6.07, 6.45) is 1.62. The van der Waals surface area contributed by atoms with Gasteiger partial charge in [0, 0.05) is 25.4 Å². The number of carbonyl (C=O) groups excluding carboxylic acids is 1. The first-order valence-corrected chi connectivity index (χ1v) is 11.0. The summed E-state index contributed by atoms with van der Waals surface area (Å²) in [6, 6.07) is 8.01. The van der Waals surface area contributed by atoms with Crippen LogP contribution in [0.4, 0.5) is 0 Å². The van der Waals surface area contributed by atoms with E-state index in [1.165, 1.54) is 39.5 Å². The van der Waals surface area contributed by atoms with E-state index in [0.717, 1.165) is 15.8 Å². The van der Waals surface area contributed by atoms with Crippen LogP contribution < -0.4 is 14.8 Å². The molecule has 28 heavy (non-hydrogen) atoms. The molecule has 2 aromatic rings. The second kappa shape index (κ2) is 10.4. The van der Waals surface area contributed by atoms with Crippen LogP contribution >= 0.6 is 11.8 Å². The highest BCUT2D eigenvalue weighted by molar-refractivity contribution is 7.98. The van der Waals surface area contributed by atoms with Crippen LogP contribution in [0.25, 0.3) is 0 Å². The number of carbonyl (C=O) groups is 1. The highest BCUT2D eigenvalue weighted by Crippen LogP contribution is 2.30. The highest BCUT2D eigenvalue weighted by atomic mass is 32.2. The number of hydrogen-bond donors (Lipinski definition) is 1. The van der Waals surface area contributed by atoms with Gasteiger partial charge in [0.1, 0.15) is 5.76 Å². The summed E-state index contributed by atoms with van der Waals surface area (Å²) in [5.74, 6) is 2.64. The van der Waals surface area contributed by atoms with Crippen molar-refractivity contribution in [2.45, 2.75) is 10.6 Å². The molecule has 1 heterocycles. The number of hydrogen-bond acceptors (Lipinski definition) is 7. The standard InChI is InChI=1S/C18H24N2O6S2/c1-20(12-18(21)19-8-10-27-13-14-5-4-9-26-14)28(22,23)15-6-7-16(24-2)17(11-15)25-3/h4-7,9,11H,8,10,12-13H2,1-3H3,(H,19,21). The van der Waals surface area contributed by atoms with E-state index in [1.807, 2.05) is 12.1 Å². The second-order valence-electron chi connectivity index (χ2n) is 5.76. The number of furan rings is 1. The number of sulfonamides is 1. The monoisotopic (exact) mass is 428 g/mol. The lowest BCUT2D eigenvalue weighted by Gasteiger charge is -2.18. The molecule has 1 amide bonds. The maximum absolute atomic E-state index is 12.7. The molecule has 1 aromatic heterocycles. The van der Waals surface area contributed by atoms with Crippen LogP contribution in [0.2, 0.25) is 0 Å². The molecule has 1 N–H and O–H groups in total. The number of thioether (sulfide) groups is 1. The highest BCUT2D eigenvalue weighted by Gasteiger charge is 2.24. The summed E-state index contributed by atoms with van der Waals surface area (Å²) >= 11 is 1.62. The second-order valence-corrected chi connectivity index (χ2v) is 8.91. The summed E-state index contributed by atoms with van der Waals surface area (Å²) in [5.41, 5.74) is 0. The summed E-state index contributed by atoms with van der Waals surface area (Å²) in [4.78, 5) is 12.1.